The van der Waals surface area contributed by atoms with E-state index in [9.17, 15) is 27.6 Å². The van der Waals surface area contributed by atoms with E-state index in [0.29, 0.717) is 18.7 Å². The van der Waals surface area contributed by atoms with Gasteiger partial charge in [-0.1, -0.05) is 36.4 Å². The first-order valence-corrected chi connectivity index (χ1v) is 13.6. The zero-order valence-corrected chi connectivity index (χ0v) is 21.4. The number of hydrogen-bond donors (Lipinski definition) is 3. The maximum atomic E-state index is 13.7. The van der Waals surface area contributed by atoms with Gasteiger partial charge in [0.05, 0.1) is 33.6 Å². The van der Waals surface area contributed by atoms with Crippen LogP contribution < -0.4 is 20.9 Å². The molecule has 200 valence electrons. The molecule has 0 atom stereocenters. The number of carboxylic acids is 1. The molecular weight excluding hydrogens is 524 g/mol. The number of amides is 1. The molecule has 0 bridgehead atoms. The number of carboxylic acid groups (broad SMARTS) is 1. The Balaban J connectivity index is 1.58. The molecule has 4 aromatic rings. The molecule has 0 radical (unpaired) electrons. The van der Waals surface area contributed by atoms with Gasteiger partial charge in [-0.3, -0.25) is 18.7 Å². The number of aromatic amines is 1. The molecule has 3 aromatic carbocycles. The summed E-state index contributed by atoms with van der Waals surface area (Å²) in [6.07, 6.45) is 1.12. The number of hydrogen-bond acceptors (Lipinski definition) is 6. The Bertz CT molecular complexity index is 1840. The lowest BCUT2D eigenvalue weighted by molar-refractivity contribution is -0.137. The van der Waals surface area contributed by atoms with Gasteiger partial charge in [-0.15, -0.1) is 0 Å². The largest absolute Gasteiger partial charge is 0.480 e. The van der Waals surface area contributed by atoms with Crippen LogP contribution in [0.25, 0.3) is 16.6 Å². The molecule has 0 saturated heterocycles. The Labute approximate surface area is 222 Å². The summed E-state index contributed by atoms with van der Waals surface area (Å²) in [5, 5.41) is 11.1. The van der Waals surface area contributed by atoms with E-state index in [-0.39, 0.29) is 33.5 Å². The molecule has 0 saturated carbocycles. The van der Waals surface area contributed by atoms with Crippen LogP contribution in [0.5, 0.6) is 0 Å². The Morgan fingerprint density at radius 3 is 2.56 bits per heavy atom. The summed E-state index contributed by atoms with van der Waals surface area (Å²) in [4.78, 5) is 52.2. The van der Waals surface area contributed by atoms with Crippen LogP contribution in [0.15, 0.2) is 81.2 Å². The van der Waals surface area contributed by atoms with Crippen LogP contribution in [0.2, 0.25) is 0 Å². The number of aromatic nitrogens is 2. The Hall–Kier alpha value is -4.71. The third kappa shape index (κ3) is 4.93. The normalized spacial score (nSPS) is 13.2. The maximum Gasteiger partial charge on any atom is 0.333 e. The minimum absolute atomic E-state index is 0.0413. The lowest BCUT2D eigenvalue weighted by atomic mass is 10.0. The van der Waals surface area contributed by atoms with E-state index in [4.69, 9.17) is 5.11 Å². The number of benzene rings is 3. The zero-order chi connectivity index (χ0) is 27.7. The second-order valence-corrected chi connectivity index (χ2v) is 10.9. The third-order valence-electron chi connectivity index (χ3n) is 6.53. The van der Waals surface area contributed by atoms with Crippen molar-refractivity contribution in [1.82, 2.24) is 14.9 Å². The number of H-pyrrole nitrogens is 1. The van der Waals surface area contributed by atoms with Gasteiger partial charge in [0.25, 0.3) is 15.6 Å². The third-order valence-corrected chi connectivity index (χ3v) is 8.34. The topological polar surface area (TPSA) is 159 Å². The molecule has 3 N–H and O–H groups in total. The van der Waals surface area contributed by atoms with E-state index in [2.05, 4.69) is 10.3 Å². The van der Waals surface area contributed by atoms with E-state index in [1.165, 1.54) is 40.7 Å². The van der Waals surface area contributed by atoms with Crippen molar-refractivity contribution >= 4 is 38.5 Å². The van der Waals surface area contributed by atoms with Crippen LogP contribution in [0, 0.1) is 0 Å². The summed E-state index contributed by atoms with van der Waals surface area (Å²) in [6.45, 7) is -0.277. The number of aliphatic carboxylic acids is 1. The van der Waals surface area contributed by atoms with Gasteiger partial charge in [0, 0.05) is 6.54 Å². The molecule has 1 aromatic heterocycles. The summed E-state index contributed by atoms with van der Waals surface area (Å²) < 4.78 is 29.5. The maximum absolute atomic E-state index is 13.7. The number of nitrogens with zero attached hydrogens (tertiary/aromatic N) is 2. The first-order valence-electron chi connectivity index (χ1n) is 12.1. The van der Waals surface area contributed by atoms with Crippen molar-refractivity contribution in [1.29, 1.82) is 0 Å². The van der Waals surface area contributed by atoms with E-state index < -0.39 is 39.7 Å². The minimum atomic E-state index is -4.01. The highest BCUT2D eigenvalue weighted by Gasteiger charge is 2.29. The molecule has 5 rings (SSSR count). The van der Waals surface area contributed by atoms with Gasteiger partial charge in [-0.2, -0.15) is 0 Å². The molecule has 0 fully saturated rings. The smallest absolute Gasteiger partial charge is 0.333 e. The van der Waals surface area contributed by atoms with Crippen LogP contribution in [0.3, 0.4) is 0 Å². The van der Waals surface area contributed by atoms with Crippen LogP contribution >= 0.6 is 0 Å². The van der Waals surface area contributed by atoms with E-state index >= 15 is 0 Å². The molecule has 1 aliphatic rings. The Kier molecular flexibility index (Phi) is 6.79. The first kappa shape index (κ1) is 25.9. The highest BCUT2D eigenvalue weighted by atomic mass is 32.2. The fraction of sp³-hybridized carbons (Fsp3) is 0.185. The second kappa shape index (κ2) is 10.2. The van der Waals surface area contributed by atoms with Gasteiger partial charge in [-0.05, 0) is 54.3 Å². The van der Waals surface area contributed by atoms with Crippen molar-refractivity contribution in [2.45, 2.75) is 24.2 Å². The average molecular weight is 549 g/mol. The Morgan fingerprint density at radius 1 is 1.00 bits per heavy atom. The molecule has 0 unspecified atom stereocenters. The molecule has 12 heteroatoms. The van der Waals surface area contributed by atoms with Gasteiger partial charge in [-0.25, -0.2) is 17.8 Å². The highest BCUT2D eigenvalue weighted by molar-refractivity contribution is 7.92. The zero-order valence-electron chi connectivity index (χ0n) is 20.6. The number of rotatable bonds is 7. The minimum Gasteiger partial charge on any atom is -0.480 e. The summed E-state index contributed by atoms with van der Waals surface area (Å²) in [6, 6.07) is 17.5. The van der Waals surface area contributed by atoms with Gasteiger partial charge in [0.2, 0.25) is 5.91 Å². The molecule has 0 aliphatic carbocycles. The average Bonchev–Trinajstić information content (AvgIpc) is 2.91. The molecule has 39 heavy (non-hydrogen) atoms. The SMILES string of the molecule is O=C(O)CNC(=O)Cc1cccc2[nH]c(=O)n(-c3cccc(S(=O)(=O)N4CCCc5ccccc54)c3)c(=O)c12. The van der Waals surface area contributed by atoms with Crippen LogP contribution in [0.4, 0.5) is 5.69 Å². The predicted octanol–water partition coefficient (Wildman–Crippen LogP) is 1.56. The number of anilines is 1. The standard InChI is InChI=1S/C27H24N4O7S/c32-23(28-16-24(33)34)14-18-7-3-11-21-25(18)26(35)31(27(36)29-21)19-9-4-10-20(15-19)39(37,38)30-13-5-8-17-6-1-2-12-22(17)30/h1-4,6-7,9-12,15H,5,8,13-14,16H2,(H,28,32)(H,29,36)(H,33,34). The van der Waals surface area contributed by atoms with Crippen molar-refractivity contribution in [3.8, 4) is 5.69 Å². The predicted molar refractivity (Wildman–Crippen MR) is 144 cm³/mol. The molecule has 2 heterocycles. The molecule has 1 amide bonds. The van der Waals surface area contributed by atoms with Gasteiger partial charge < -0.3 is 15.4 Å². The number of aryl methyl sites for hydroxylation is 1. The molecular formula is C27H24N4O7S. The number of fused-ring (bicyclic) bond motifs is 2. The van der Waals surface area contributed by atoms with Crippen molar-refractivity contribution in [3.05, 3.63) is 98.7 Å². The van der Waals surface area contributed by atoms with Crippen LogP contribution in [-0.4, -0.2) is 48.0 Å². The molecule has 1 aliphatic heterocycles. The summed E-state index contributed by atoms with van der Waals surface area (Å²) in [5.74, 6) is -1.83. The van der Waals surface area contributed by atoms with Crippen LogP contribution in [0.1, 0.15) is 17.5 Å². The highest BCUT2D eigenvalue weighted by Crippen LogP contribution is 2.32. The fourth-order valence-corrected chi connectivity index (χ4v) is 6.36. The van der Waals surface area contributed by atoms with Crippen molar-refractivity contribution in [2.24, 2.45) is 0 Å². The van der Waals surface area contributed by atoms with Crippen LogP contribution in [-0.2, 0) is 32.5 Å². The lowest BCUT2D eigenvalue weighted by Crippen LogP contribution is -2.36. The van der Waals surface area contributed by atoms with Crippen molar-refractivity contribution < 1.29 is 23.1 Å². The van der Waals surface area contributed by atoms with E-state index in [1.807, 2.05) is 12.1 Å². The lowest BCUT2D eigenvalue weighted by Gasteiger charge is -2.30. The summed E-state index contributed by atoms with van der Waals surface area (Å²) >= 11 is 0. The fourth-order valence-electron chi connectivity index (χ4n) is 4.78. The number of para-hydroxylation sites is 1. The quantitative estimate of drug-likeness (QED) is 0.316. The number of nitrogens with one attached hydrogen (secondary N) is 2. The van der Waals surface area contributed by atoms with Gasteiger partial charge >= 0.3 is 11.7 Å². The number of sulfonamides is 1. The summed E-state index contributed by atoms with van der Waals surface area (Å²) in [5.41, 5.74) is 0.509. The van der Waals surface area contributed by atoms with Crippen molar-refractivity contribution in [3.63, 3.8) is 0 Å². The number of carbonyl (C=O) groups excluding carboxylic acids is 1. The molecule has 11 nitrogen and oxygen atoms in total. The van der Waals surface area contributed by atoms with Gasteiger partial charge in [0.15, 0.2) is 0 Å². The first-order chi connectivity index (χ1) is 18.7. The Morgan fingerprint density at radius 2 is 1.77 bits per heavy atom. The van der Waals surface area contributed by atoms with Gasteiger partial charge in [0.1, 0.15) is 6.54 Å². The van der Waals surface area contributed by atoms with Crippen molar-refractivity contribution in [2.75, 3.05) is 17.4 Å². The second-order valence-electron chi connectivity index (χ2n) is 9.06. The summed E-state index contributed by atoms with van der Waals surface area (Å²) in [7, 11) is -4.01. The number of carbonyl (C=O) groups is 2. The van der Waals surface area contributed by atoms with E-state index in [0.717, 1.165) is 16.6 Å². The molecule has 0 spiro atoms. The van der Waals surface area contributed by atoms with E-state index in [1.54, 1.807) is 18.2 Å². The monoisotopic (exact) mass is 548 g/mol.